The Balaban J connectivity index is 2.90. The molecule has 3 nitrogen and oxygen atoms in total. The number of halogens is 2. The summed E-state index contributed by atoms with van der Waals surface area (Å²) in [6.45, 7) is 0. The zero-order valence-corrected chi connectivity index (χ0v) is 10.3. The van der Waals surface area contributed by atoms with Crippen LogP contribution in [0.2, 0.25) is 10.0 Å². The van der Waals surface area contributed by atoms with Gasteiger partial charge in [0.1, 0.15) is 17.0 Å². The average molecular weight is 258 g/mol. The van der Waals surface area contributed by atoms with Gasteiger partial charge in [0.15, 0.2) is 0 Å². The molecule has 0 saturated carbocycles. The van der Waals surface area contributed by atoms with Crippen molar-refractivity contribution in [3.05, 3.63) is 28.4 Å². The Bertz CT molecular complexity index is 543. The number of nitrogens with zero attached hydrogens (tertiary/aromatic N) is 1. The maximum absolute atomic E-state index is 6.13. The molecule has 16 heavy (non-hydrogen) atoms. The minimum Gasteiger partial charge on any atom is -0.496 e. The Morgan fingerprint density at radius 2 is 1.69 bits per heavy atom. The molecule has 0 unspecified atom stereocenters. The molecule has 0 aliphatic heterocycles. The number of methoxy groups -OCH3 is 2. The molecule has 0 N–H and O–H groups in total. The number of ether oxygens (including phenoxy) is 2. The van der Waals surface area contributed by atoms with Gasteiger partial charge in [-0.1, -0.05) is 23.2 Å². The fourth-order valence-electron chi connectivity index (χ4n) is 1.53. The first-order valence-electron chi connectivity index (χ1n) is 4.53. The number of rotatable bonds is 2. The maximum atomic E-state index is 6.13. The Labute approximate surface area is 103 Å². The third-order valence-electron chi connectivity index (χ3n) is 2.28. The fourth-order valence-corrected chi connectivity index (χ4v) is 1.90. The lowest BCUT2D eigenvalue weighted by Gasteiger charge is -2.10. The van der Waals surface area contributed by atoms with E-state index in [0.717, 1.165) is 0 Å². The highest BCUT2D eigenvalue weighted by molar-refractivity contribution is 6.45. The van der Waals surface area contributed by atoms with Gasteiger partial charge in [-0.2, -0.15) is 0 Å². The number of benzene rings is 1. The van der Waals surface area contributed by atoms with Crippen LogP contribution in [0.15, 0.2) is 18.3 Å². The second-order valence-corrected chi connectivity index (χ2v) is 3.90. The lowest BCUT2D eigenvalue weighted by atomic mass is 10.2. The Kier molecular flexibility index (Phi) is 3.08. The minimum atomic E-state index is 0.390. The Morgan fingerprint density at radius 3 is 2.31 bits per heavy atom. The summed E-state index contributed by atoms with van der Waals surface area (Å²) in [5.74, 6) is 1.25. The van der Waals surface area contributed by atoms with E-state index in [1.807, 2.05) is 0 Å². The van der Waals surface area contributed by atoms with Crippen molar-refractivity contribution >= 4 is 34.1 Å². The number of aromatic nitrogens is 1. The second kappa shape index (κ2) is 4.36. The van der Waals surface area contributed by atoms with Crippen LogP contribution in [-0.4, -0.2) is 19.2 Å². The molecule has 84 valence electrons. The highest BCUT2D eigenvalue weighted by Gasteiger charge is 2.14. The van der Waals surface area contributed by atoms with Gasteiger partial charge < -0.3 is 9.47 Å². The normalized spacial score (nSPS) is 10.5. The molecule has 1 heterocycles. The summed E-state index contributed by atoms with van der Waals surface area (Å²) >= 11 is 12.1. The monoisotopic (exact) mass is 257 g/mol. The lowest BCUT2D eigenvalue weighted by molar-refractivity contribution is 0.410. The van der Waals surface area contributed by atoms with Gasteiger partial charge in [-0.15, -0.1) is 0 Å². The topological polar surface area (TPSA) is 31.4 Å². The van der Waals surface area contributed by atoms with Crippen molar-refractivity contribution in [1.82, 2.24) is 4.98 Å². The van der Waals surface area contributed by atoms with Crippen molar-refractivity contribution in [3.63, 3.8) is 0 Å². The highest BCUT2D eigenvalue weighted by Crippen LogP contribution is 2.39. The molecule has 0 radical (unpaired) electrons. The number of hydrogen-bond acceptors (Lipinski definition) is 3. The maximum Gasteiger partial charge on any atom is 0.145 e. The number of fused-ring (bicyclic) bond motifs is 1. The van der Waals surface area contributed by atoms with Crippen LogP contribution in [0, 0.1) is 0 Å². The number of pyridine rings is 1. The molecule has 0 aliphatic rings. The van der Waals surface area contributed by atoms with Gasteiger partial charge in [0.2, 0.25) is 0 Å². The van der Waals surface area contributed by atoms with Crippen molar-refractivity contribution in [2.75, 3.05) is 14.2 Å². The molecule has 1 aromatic heterocycles. The molecule has 2 aromatic rings. The molecule has 1 aromatic carbocycles. The van der Waals surface area contributed by atoms with Crippen LogP contribution in [0.1, 0.15) is 0 Å². The SMILES string of the molecule is COc1ccc(OC)c2c(Cl)c(Cl)cnc12. The van der Waals surface area contributed by atoms with Gasteiger partial charge in [0.25, 0.3) is 0 Å². The zero-order valence-electron chi connectivity index (χ0n) is 8.75. The molecule has 0 bridgehead atoms. The molecule has 0 aliphatic carbocycles. The molecule has 0 amide bonds. The van der Waals surface area contributed by atoms with E-state index >= 15 is 0 Å². The van der Waals surface area contributed by atoms with E-state index in [0.29, 0.717) is 32.4 Å². The van der Waals surface area contributed by atoms with Gasteiger partial charge in [0, 0.05) is 6.20 Å². The quantitative estimate of drug-likeness (QED) is 0.825. The third kappa shape index (κ3) is 1.66. The van der Waals surface area contributed by atoms with Gasteiger partial charge in [0.05, 0.1) is 29.7 Å². The molecule has 0 fully saturated rings. The summed E-state index contributed by atoms with van der Waals surface area (Å²) in [6.07, 6.45) is 1.49. The van der Waals surface area contributed by atoms with E-state index in [-0.39, 0.29) is 0 Å². The van der Waals surface area contributed by atoms with E-state index in [1.54, 1.807) is 26.4 Å². The molecule has 2 rings (SSSR count). The van der Waals surface area contributed by atoms with Gasteiger partial charge >= 0.3 is 0 Å². The van der Waals surface area contributed by atoms with Gasteiger partial charge in [-0.05, 0) is 12.1 Å². The van der Waals surface area contributed by atoms with Crippen LogP contribution >= 0.6 is 23.2 Å². The van der Waals surface area contributed by atoms with Gasteiger partial charge in [-0.3, -0.25) is 4.98 Å². The van der Waals surface area contributed by atoms with Crippen molar-refractivity contribution in [2.45, 2.75) is 0 Å². The van der Waals surface area contributed by atoms with E-state index in [2.05, 4.69) is 4.98 Å². The third-order valence-corrected chi connectivity index (χ3v) is 3.05. The lowest BCUT2D eigenvalue weighted by Crippen LogP contribution is -1.92. The second-order valence-electron chi connectivity index (χ2n) is 3.11. The van der Waals surface area contributed by atoms with E-state index in [4.69, 9.17) is 32.7 Å². The van der Waals surface area contributed by atoms with Crippen molar-refractivity contribution in [3.8, 4) is 11.5 Å². The largest absolute Gasteiger partial charge is 0.496 e. The van der Waals surface area contributed by atoms with Crippen LogP contribution in [0.3, 0.4) is 0 Å². The van der Waals surface area contributed by atoms with Crippen LogP contribution in [0.4, 0.5) is 0 Å². The van der Waals surface area contributed by atoms with Crippen LogP contribution in [0.5, 0.6) is 11.5 Å². The summed E-state index contributed by atoms with van der Waals surface area (Å²) in [7, 11) is 3.14. The summed E-state index contributed by atoms with van der Waals surface area (Å²) in [6, 6.07) is 3.55. The van der Waals surface area contributed by atoms with E-state index < -0.39 is 0 Å². The molecule has 0 saturated heterocycles. The summed E-state index contributed by atoms with van der Waals surface area (Å²) < 4.78 is 10.4. The zero-order chi connectivity index (χ0) is 11.7. The van der Waals surface area contributed by atoms with Crippen molar-refractivity contribution in [1.29, 1.82) is 0 Å². The van der Waals surface area contributed by atoms with Crippen molar-refractivity contribution < 1.29 is 9.47 Å². The van der Waals surface area contributed by atoms with Gasteiger partial charge in [-0.25, -0.2) is 0 Å². The molecule has 0 spiro atoms. The molecular weight excluding hydrogens is 249 g/mol. The Morgan fingerprint density at radius 1 is 1.06 bits per heavy atom. The molecule has 5 heteroatoms. The van der Waals surface area contributed by atoms with Crippen molar-refractivity contribution in [2.24, 2.45) is 0 Å². The predicted octanol–water partition coefficient (Wildman–Crippen LogP) is 3.56. The van der Waals surface area contributed by atoms with E-state index in [1.165, 1.54) is 6.20 Å². The summed E-state index contributed by atoms with van der Waals surface area (Å²) in [5.41, 5.74) is 0.635. The number of hydrogen-bond donors (Lipinski definition) is 0. The highest BCUT2D eigenvalue weighted by atomic mass is 35.5. The first-order chi connectivity index (χ1) is 7.69. The van der Waals surface area contributed by atoms with Crippen LogP contribution in [-0.2, 0) is 0 Å². The van der Waals surface area contributed by atoms with Crippen LogP contribution in [0.25, 0.3) is 10.9 Å². The predicted molar refractivity (Wildman–Crippen MR) is 64.9 cm³/mol. The van der Waals surface area contributed by atoms with Crippen LogP contribution < -0.4 is 9.47 Å². The average Bonchev–Trinajstić information content (AvgIpc) is 2.32. The molecule has 0 atom stereocenters. The molecular formula is C11H9Cl2NO2. The standard InChI is InChI=1S/C11H9Cl2NO2/c1-15-7-3-4-8(16-2)11-9(7)10(13)6(12)5-14-11/h3-5H,1-2H3. The van der Waals surface area contributed by atoms with E-state index in [9.17, 15) is 0 Å². The smallest absolute Gasteiger partial charge is 0.145 e. The summed E-state index contributed by atoms with van der Waals surface area (Å²) in [5, 5.41) is 1.47. The fraction of sp³-hybridized carbons (Fsp3) is 0.182. The first-order valence-corrected chi connectivity index (χ1v) is 5.29. The minimum absolute atomic E-state index is 0.390. The summed E-state index contributed by atoms with van der Waals surface area (Å²) in [4.78, 5) is 4.20. The first kappa shape index (κ1) is 11.3. The Hall–Kier alpha value is -1.19.